The van der Waals surface area contributed by atoms with Crippen LogP contribution >= 0.6 is 0 Å². The fourth-order valence-electron chi connectivity index (χ4n) is 4.07. The molecule has 5 rings (SSSR count). The molecule has 0 N–H and O–H groups in total. The third-order valence-electron chi connectivity index (χ3n) is 5.62. The van der Waals surface area contributed by atoms with E-state index < -0.39 is 0 Å². The molecule has 1 aliphatic rings. The lowest BCUT2D eigenvalue weighted by Crippen LogP contribution is -2.39. The highest BCUT2D eigenvalue weighted by Crippen LogP contribution is 2.31. The molecule has 3 aromatic carbocycles. The van der Waals surface area contributed by atoms with E-state index in [1.807, 2.05) is 30.3 Å². The lowest BCUT2D eigenvalue weighted by atomic mass is 9.97. The van der Waals surface area contributed by atoms with E-state index in [0.29, 0.717) is 30.4 Å². The molecule has 0 bridgehead atoms. The molecular weight excluding hydrogens is 381 g/mol. The van der Waals surface area contributed by atoms with Crippen molar-refractivity contribution < 1.29 is 13.7 Å². The minimum absolute atomic E-state index is 0.0145. The normalized spacial score (nSPS) is 16.7. The standard InChI is InChI=1S/C24H20FN3O2/c25-19-12-10-17(11-13-19)24(29)28-14-4-7-18(15-28)23-26-22(27-30-23)21-9-3-6-16-5-1-2-8-20(16)21/h1-3,5-6,8-13,18H,4,7,14-15H2/t18-/m0/s1. The van der Waals surface area contributed by atoms with Gasteiger partial charge < -0.3 is 9.42 Å². The van der Waals surface area contributed by atoms with Gasteiger partial charge in [-0.1, -0.05) is 47.6 Å². The Bertz CT molecular complexity index is 1200. The molecule has 0 saturated carbocycles. The SMILES string of the molecule is O=C(c1ccc(F)cc1)N1CCC[C@H](c2nc(-c3cccc4ccccc34)no2)C1. The van der Waals surface area contributed by atoms with Crippen LogP contribution in [0.3, 0.4) is 0 Å². The second-order valence-electron chi connectivity index (χ2n) is 7.58. The van der Waals surface area contributed by atoms with E-state index in [-0.39, 0.29) is 17.6 Å². The van der Waals surface area contributed by atoms with Crippen molar-refractivity contribution in [2.24, 2.45) is 0 Å². The highest BCUT2D eigenvalue weighted by molar-refractivity contribution is 5.95. The predicted octanol–water partition coefficient (Wildman–Crippen LogP) is 5.05. The Hall–Kier alpha value is -3.54. The summed E-state index contributed by atoms with van der Waals surface area (Å²) >= 11 is 0. The predicted molar refractivity (Wildman–Crippen MR) is 112 cm³/mol. The molecule has 6 heteroatoms. The molecular formula is C24H20FN3O2. The third-order valence-corrected chi connectivity index (χ3v) is 5.62. The molecule has 1 atom stereocenters. The molecule has 1 saturated heterocycles. The van der Waals surface area contributed by atoms with Gasteiger partial charge in [-0.2, -0.15) is 4.98 Å². The monoisotopic (exact) mass is 401 g/mol. The highest BCUT2D eigenvalue weighted by Gasteiger charge is 2.29. The topological polar surface area (TPSA) is 59.2 Å². The molecule has 4 aromatic rings. The average molecular weight is 401 g/mol. The number of amides is 1. The fourth-order valence-corrected chi connectivity index (χ4v) is 4.07. The number of hydrogen-bond acceptors (Lipinski definition) is 4. The van der Waals surface area contributed by atoms with Crippen molar-refractivity contribution in [3.05, 3.63) is 84.0 Å². The van der Waals surface area contributed by atoms with Crippen LogP contribution in [0, 0.1) is 5.82 Å². The van der Waals surface area contributed by atoms with Gasteiger partial charge >= 0.3 is 0 Å². The summed E-state index contributed by atoms with van der Waals surface area (Å²) in [6, 6.07) is 19.8. The van der Waals surface area contributed by atoms with Crippen molar-refractivity contribution in [3.63, 3.8) is 0 Å². The van der Waals surface area contributed by atoms with Crippen LogP contribution in [0.4, 0.5) is 4.39 Å². The minimum atomic E-state index is -0.352. The van der Waals surface area contributed by atoms with Crippen molar-refractivity contribution in [1.29, 1.82) is 0 Å². The second-order valence-corrected chi connectivity index (χ2v) is 7.58. The Kier molecular flexibility index (Phi) is 4.75. The summed E-state index contributed by atoms with van der Waals surface area (Å²) in [4.78, 5) is 19.2. The number of rotatable bonds is 3. The Labute approximate surface area is 173 Å². The molecule has 0 radical (unpaired) electrons. The maximum Gasteiger partial charge on any atom is 0.253 e. The number of fused-ring (bicyclic) bond motifs is 1. The van der Waals surface area contributed by atoms with Crippen molar-refractivity contribution in [3.8, 4) is 11.4 Å². The quantitative estimate of drug-likeness (QED) is 0.482. The molecule has 0 aliphatic carbocycles. The van der Waals surface area contributed by atoms with Gasteiger partial charge in [0.2, 0.25) is 11.7 Å². The summed E-state index contributed by atoms with van der Waals surface area (Å²) in [5.74, 6) is 0.640. The largest absolute Gasteiger partial charge is 0.339 e. The van der Waals surface area contributed by atoms with Crippen LogP contribution < -0.4 is 0 Å². The zero-order chi connectivity index (χ0) is 20.5. The van der Waals surface area contributed by atoms with Gasteiger partial charge in [-0.05, 0) is 47.9 Å². The molecule has 0 spiro atoms. The average Bonchev–Trinajstić information content (AvgIpc) is 3.29. The number of benzene rings is 3. The van der Waals surface area contributed by atoms with Gasteiger partial charge in [-0.15, -0.1) is 0 Å². The molecule has 1 amide bonds. The van der Waals surface area contributed by atoms with E-state index in [9.17, 15) is 9.18 Å². The van der Waals surface area contributed by atoms with Crippen LogP contribution in [0.15, 0.2) is 71.3 Å². The van der Waals surface area contributed by atoms with E-state index in [1.165, 1.54) is 24.3 Å². The van der Waals surface area contributed by atoms with Gasteiger partial charge in [-0.3, -0.25) is 4.79 Å². The first-order valence-corrected chi connectivity index (χ1v) is 10.1. The lowest BCUT2D eigenvalue weighted by molar-refractivity contribution is 0.0695. The number of carbonyl (C=O) groups is 1. The van der Waals surface area contributed by atoms with Crippen LogP contribution in [0.2, 0.25) is 0 Å². The Balaban J connectivity index is 1.38. The smallest absolute Gasteiger partial charge is 0.253 e. The van der Waals surface area contributed by atoms with E-state index in [0.717, 1.165) is 29.2 Å². The summed E-state index contributed by atoms with van der Waals surface area (Å²) in [5, 5.41) is 6.41. The van der Waals surface area contributed by atoms with Crippen molar-refractivity contribution in [1.82, 2.24) is 15.0 Å². The van der Waals surface area contributed by atoms with Crippen LogP contribution in [-0.2, 0) is 0 Å². The first kappa shape index (κ1) is 18.5. The van der Waals surface area contributed by atoms with E-state index in [1.54, 1.807) is 4.90 Å². The molecule has 1 aliphatic heterocycles. The van der Waals surface area contributed by atoms with Crippen LogP contribution in [0.5, 0.6) is 0 Å². The van der Waals surface area contributed by atoms with Gasteiger partial charge in [-0.25, -0.2) is 4.39 Å². The summed E-state index contributed by atoms with van der Waals surface area (Å²) in [6.45, 7) is 1.17. The Morgan fingerprint density at radius 1 is 1.03 bits per heavy atom. The van der Waals surface area contributed by atoms with Crippen LogP contribution in [0.25, 0.3) is 22.2 Å². The first-order valence-electron chi connectivity index (χ1n) is 10.1. The zero-order valence-electron chi connectivity index (χ0n) is 16.3. The van der Waals surface area contributed by atoms with Crippen LogP contribution in [0.1, 0.15) is 35.0 Å². The molecule has 1 aromatic heterocycles. The minimum Gasteiger partial charge on any atom is -0.339 e. The van der Waals surface area contributed by atoms with Gasteiger partial charge in [0.25, 0.3) is 5.91 Å². The van der Waals surface area contributed by atoms with Gasteiger partial charge in [0.05, 0.1) is 5.92 Å². The summed E-state index contributed by atoms with van der Waals surface area (Å²) in [5.41, 5.74) is 1.41. The summed E-state index contributed by atoms with van der Waals surface area (Å²) in [7, 11) is 0. The van der Waals surface area contributed by atoms with E-state index >= 15 is 0 Å². The summed E-state index contributed by atoms with van der Waals surface area (Å²) in [6.07, 6.45) is 1.73. The Morgan fingerprint density at radius 3 is 2.70 bits per heavy atom. The Morgan fingerprint density at radius 2 is 1.83 bits per heavy atom. The second kappa shape index (κ2) is 7.71. The number of halogens is 1. The lowest BCUT2D eigenvalue weighted by Gasteiger charge is -2.31. The summed E-state index contributed by atoms with van der Waals surface area (Å²) < 4.78 is 18.8. The first-order chi connectivity index (χ1) is 14.7. The zero-order valence-corrected chi connectivity index (χ0v) is 16.3. The van der Waals surface area contributed by atoms with E-state index in [2.05, 4.69) is 22.3 Å². The number of carbonyl (C=O) groups excluding carboxylic acids is 1. The molecule has 150 valence electrons. The van der Waals surface area contributed by atoms with Gasteiger partial charge in [0.15, 0.2) is 0 Å². The van der Waals surface area contributed by atoms with Crippen molar-refractivity contribution >= 4 is 16.7 Å². The molecule has 1 fully saturated rings. The number of nitrogens with zero attached hydrogens (tertiary/aromatic N) is 3. The van der Waals surface area contributed by atoms with E-state index in [4.69, 9.17) is 4.52 Å². The number of piperidine rings is 1. The molecule has 5 nitrogen and oxygen atoms in total. The molecule has 30 heavy (non-hydrogen) atoms. The number of hydrogen-bond donors (Lipinski definition) is 0. The third kappa shape index (κ3) is 3.45. The fraction of sp³-hybridized carbons (Fsp3) is 0.208. The van der Waals surface area contributed by atoms with Gasteiger partial charge in [0, 0.05) is 24.2 Å². The molecule has 0 unspecified atom stereocenters. The number of likely N-dealkylation sites (tertiary alicyclic amines) is 1. The van der Waals surface area contributed by atoms with Crippen LogP contribution in [-0.4, -0.2) is 34.0 Å². The highest BCUT2D eigenvalue weighted by atomic mass is 19.1. The van der Waals surface area contributed by atoms with Gasteiger partial charge in [0.1, 0.15) is 5.82 Å². The number of aromatic nitrogens is 2. The maximum absolute atomic E-state index is 13.2. The van der Waals surface area contributed by atoms with Crippen molar-refractivity contribution in [2.75, 3.05) is 13.1 Å². The van der Waals surface area contributed by atoms with Crippen molar-refractivity contribution in [2.45, 2.75) is 18.8 Å². The maximum atomic E-state index is 13.2. The molecule has 2 heterocycles.